The Kier molecular flexibility index (Phi) is 8.06. The second-order valence-corrected chi connectivity index (χ2v) is 10.4. The van der Waals surface area contributed by atoms with E-state index in [-0.39, 0.29) is 11.7 Å². The molecular weight excluding hydrogens is 474 g/mol. The van der Waals surface area contributed by atoms with Crippen LogP contribution in [0.3, 0.4) is 0 Å². The summed E-state index contributed by atoms with van der Waals surface area (Å²) in [5.74, 6) is 0.528. The topological polar surface area (TPSA) is 53.5 Å². The number of hydrogen-bond donors (Lipinski definition) is 0. The van der Waals surface area contributed by atoms with Crippen LogP contribution in [0.1, 0.15) is 28.5 Å². The molecule has 0 atom stereocenters. The summed E-state index contributed by atoms with van der Waals surface area (Å²) in [7, 11) is 0. The van der Waals surface area contributed by atoms with Gasteiger partial charge in [-0.05, 0) is 30.2 Å². The molecule has 0 radical (unpaired) electrons. The summed E-state index contributed by atoms with van der Waals surface area (Å²) in [6, 6.07) is 15.6. The van der Waals surface area contributed by atoms with Crippen LogP contribution in [0.2, 0.25) is 5.02 Å². The number of Topliss-reactive ketones (excluding diaryl/α,β-unsaturated/α-hetero) is 1. The smallest absolute Gasteiger partial charge is 0.228 e. The molecule has 0 unspecified atom stereocenters. The van der Waals surface area contributed by atoms with Crippen LogP contribution >= 0.6 is 34.7 Å². The zero-order valence-electron chi connectivity index (χ0n) is 18.5. The summed E-state index contributed by atoms with van der Waals surface area (Å²) < 4.78 is 0.821. The zero-order chi connectivity index (χ0) is 23.2. The van der Waals surface area contributed by atoms with Crippen LogP contribution in [0.4, 0.5) is 5.69 Å². The van der Waals surface area contributed by atoms with Crippen LogP contribution in [0.25, 0.3) is 0 Å². The van der Waals surface area contributed by atoms with Gasteiger partial charge in [-0.25, -0.2) is 4.98 Å². The van der Waals surface area contributed by atoms with Crippen LogP contribution < -0.4 is 4.90 Å². The molecule has 1 saturated heterocycles. The van der Waals surface area contributed by atoms with Crippen molar-refractivity contribution in [1.82, 2.24) is 9.88 Å². The van der Waals surface area contributed by atoms with E-state index in [1.807, 2.05) is 58.8 Å². The van der Waals surface area contributed by atoms with E-state index >= 15 is 0 Å². The zero-order valence-corrected chi connectivity index (χ0v) is 20.9. The van der Waals surface area contributed by atoms with Gasteiger partial charge in [-0.1, -0.05) is 60.6 Å². The van der Waals surface area contributed by atoms with Gasteiger partial charge in [0.25, 0.3) is 0 Å². The fraction of sp³-hybridized carbons (Fsp3) is 0.320. The molecule has 172 valence electrons. The van der Waals surface area contributed by atoms with Crippen molar-refractivity contribution in [1.29, 1.82) is 0 Å². The Labute approximate surface area is 207 Å². The van der Waals surface area contributed by atoms with Crippen molar-refractivity contribution in [2.75, 3.05) is 36.8 Å². The molecule has 2 heterocycles. The molecule has 5 nitrogen and oxygen atoms in total. The highest BCUT2D eigenvalue weighted by atomic mass is 35.5. The first-order chi connectivity index (χ1) is 16.0. The maximum absolute atomic E-state index is 12.8. The number of thioether (sulfide) groups is 1. The highest BCUT2D eigenvalue weighted by molar-refractivity contribution is 8.01. The lowest BCUT2D eigenvalue weighted by atomic mass is 10.1. The fourth-order valence-corrected chi connectivity index (χ4v) is 5.65. The van der Waals surface area contributed by atoms with Crippen molar-refractivity contribution in [2.24, 2.45) is 0 Å². The number of anilines is 1. The van der Waals surface area contributed by atoms with E-state index in [1.54, 1.807) is 0 Å². The van der Waals surface area contributed by atoms with E-state index in [9.17, 15) is 9.59 Å². The normalized spacial score (nSPS) is 13.9. The second kappa shape index (κ2) is 11.2. The van der Waals surface area contributed by atoms with Crippen LogP contribution in [-0.2, 0) is 17.6 Å². The predicted octanol–water partition coefficient (Wildman–Crippen LogP) is 5.23. The van der Waals surface area contributed by atoms with Gasteiger partial charge in [-0.2, -0.15) is 0 Å². The minimum absolute atomic E-state index is 0.0908. The number of hydrogen-bond acceptors (Lipinski definition) is 6. The number of amides is 1. The third-order valence-electron chi connectivity index (χ3n) is 5.68. The Hall–Kier alpha value is -2.35. The van der Waals surface area contributed by atoms with Crippen molar-refractivity contribution >= 4 is 52.1 Å². The van der Waals surface area contributed by atoms with Gasteiger partial charge in [0, 0.05) is 47.8 Å². The molecule has 0 saturated carbocycles. The Bertz CT molecular complexity index is 1110. The van der Waals surface area contributed by atoms with Crippen molar-refractivity contribution < 1.29 is 9.59 Å². The standard InChI is InChI=1S/C25H26ClN3O2S2/c1-2-18-6-8-19(9-7-18)23(30)17-33-25-27-21(16-32-25)15-24(31)29-12-10-28(11-13-29)22-5-3-4-20(26)14-22/h3-9,14,16H,2,10-13,15,17H2,1H3. The van der Waals surface area contributed by atoms with Crippen LogP contribution in [0.5, 0.6) is 0 Å². The molecule has 1 aliphatic heterocycles. The quantitative estimate of drug-likeness (QED) is 0.314. The molecule has 1 aliphatic rings. The third-order valence-corrected chi connectivity index (χ3v) is 7.98. The van der Waals surface area contributed by atoms with E-state index in [1.165, 1.54) is 28.7 Å². The molecule has 1 amide bonds. The SMILES string of the molecule is CCc1ccc(C(=O)CSc2nc(CC(=O)N3CCN(c4cccc(Cl)c4)CC3)cs2)cc1. The highest BCUT2D eigenvalue weighted by Gasteiger charge is 2.22. The second-order valence-electron chi connectivity index (χ2n) is 7.89. The number of ketones is 1. The molecule has 1 aromatic heterocycles. The molecule has 33 heavy (non-hydrogen) atoms. The number of benzene rings is 2. The number of aromatic nitrogens is 1. The van der Waals surface area contributed by atoms with Gasteiger partial charge in [-0.15, -0.1) is 11.3 Å². The molecule has 3 aromatic rings. The third kappa shape index (κ3) is 6.37. The van der Waals surface area contributed by atoms with Gasteiger partial charge in [0.15, 0.2) is 10.1 Å². The van der Waals surface area contributed by atoms with Crippen LogP contribution in [0.15, 0.2) is 58.3 Å². The lowest BCUT2D eigenvalue weighted by Gasteiger charge is -2.36. The van der Waals surface area contributed by atoms with E-state index in [0.29, 0.717) is 25.3 Å². The minimum Gasteiger partial charge on any atom is -0.368 e. The Morgan fingerprint density at radius 2 is 1.85 bits per heavy atom. The van der Waals surface area contributed by atoms with Crippen molar-refractivity contribution in [2.45, 2.75) is 24.1 Å². The largest absolute Gasteiger partial charge is 0.368 e. The molecular formula is C25H26ClN3O2S2. The Morgan fingerprint density at radius 3 is 2.55 bits per heavy atom. The number of rotatable bonds is 8. The summed E-state index contributed by atoms with van der Waals surface area (Å²) in [4.78, 5) is 33.9. The molecule has 4 rings (SSSR count). The van der Waals surface area contributed by atoms with Gasteiger partial charge >= 0.3 is 0 Å². The summed E-state index contributed by atoms with van der Waals surface area (Å²) in [5, 5.41) is 2.64. The van der Waals surface area contributed by atoms with Gasteiger partial charge < -0.3 is 9.80 Å². The number of carbonyl (C=O) groups excluding carboxylic acids is 2. The molecule has 2 aromatic carbocycles. The van der Waals surface area contributed by atoms with E-state index < -0.39 is 0 Å². The summed E-state index contributed by atoms with van der Waals surface area (Å²) in [6.45, 7) is 5.03. The first kappa shape index (κ1) is 23.8. The minimum atomic E-state index is 0.0908. The number of carbonyl (C=O) groups is 2. The summed E-state index contributed by atoms with van der Waals surface area (Å²) >= 11 is 9.02. The van der Waals surface area contributed by atoms with Crippen LogP contribution in [-0.4, -0.2) is 53.5 Å². The first-order valence-corrected chi connectivity index (χ1v) is 13.2. The van der Waals surface area contributed by atoms with Crippen molar-refractivity contribution in [3.63, 3.8) is 0 Å². The number of halogens is 1. The van der Waals surface area contributed by atoms with Gasteiger partial charge in [0.05, 0.1) is 17.9 Å². The lowest BCUT2D eigenvalue weighted by Crippen LogP contribution is -2.49. The number of nitrogens with zero attached hydrogens (tertiary/aromatic N) is 3. The lowest BCUT2D eigenvalue weighted by molar-refractivity contribution is -0.130. The van der Waals surface area contributed by atoms with Crippen molar-refractivity contribution in [3.05, 3.63) is 75.8 Å². The van der Waals surface area contributed by atoms with E-state index in [2.05, 4.69) is 16.8 Å². The average molecular weight is 500 g/mol. The average Bonchev–Trinajstić information content (AvgIpc) is 3.30. The molecule has 0 N–H and O–H groups in total. The summed E-state index contributed by atoms with van der Waals surface area (Å²) in [6.07, 6.45) is 1.25. The number of thiazole rings is 1. The summed E-state index contributed by atoms with van der Waals surface area (Å²) in [5.41, 5.74) is 3.80. The molecule has 0 aliphatic carbocycles. The maximum Gasteiger partial charge on any atom is 0.228 e. The maximum atomic E-state index is 12.8. The monoisotopic (exact) mass is 499 g/mol. The predicted molar refractivity (Wildman–Crippen MR) is 137 cm³/mol. The molecule has 0 bridgehead atoms. The number of aryl methyl sites for hydroxylation is 1. The van der Waals surface area contributed by atoms with E-state index in [4.69, 9.17) is 11.6 Å². The molecule has 0 spiro atoms. The molecule has 1 fully saturated rings. The van der Waals surface area contributed by atoms with Gasteiger partial charge in [-0.3, -0.25) is 9.59 Å². The van der Waals surface area contributed by atoms with E-state index in [0.717, 1.165) is 45.8 Å². The fourth-order valence-electron chi connectivity index (χ4n) is 3.73. The van der Waals surface area contributed by atoms with Crippen molar-refractivity contribution in [3.8, 4) is 0 Å². The molecule has 8 heteroatoms. The van der Waals surface area contributed by atoms with Gasteiger partial charge in [0.1, 0.15) is 0 Å². The Morgan fingerprint density at radius 1 is 1.09 bits per heavy atom. The Balaban J connectivity index is 1.24. The first-order valence-electron chi connectivity index (χ1n) is 11.0. The number of piperazine rings is 1. The van der Waals surface area contributed by atoms with Gasteiger partial charge in [0.2, 0.25) is 5.91 Å². The van der Waals surface area contributed by atoms with Crippen LogP contribution in [0, 0.1) is 0 Å². The highest BCUT2D eigenvalue weighted by Crippen LogP contribution is 2.25.